The molecule has 0 N–H and O–H groups in total. The number of hydrogen-bond acceptors (Lipinski definition) is 4. The van der Waals surface area contributed by atoms with Crippen LogP contribution in [0.3, 0.4) is 0 Å². The first-order chi connectivity index (χ1) is 12.5. The normalized spacial score (nSPS) is 16.7. The van der Waals surface area contributed by atoms with Gasteiger partial charge in [0.25, 0.3) is 5.91 Å². The highest BCUT2D eigenvalue weighted by molar-refractivity contribution is 5.96. The van der Waals surface area contributed by atoms with Gasteiger partial charge < -0.3 is 9.64 Å². The van der Waals surface area contributed by atoms with Crippen molar-refractivity contribution in [2.45, 2.75) is 19.0 Å². The van der Waals surface area contributed by atoms with E-state index in [0.717, 1.165) is 13.0 Å². The molecule has 2 aromatic carbocycles. The zero-order valence-electron chi connectivity index (χ0n) is 15.4. The van der Waals surface area contributed by atoms with E-state index in [9.17, 15) is 9.59 Å². The van der Waals surface area contributed by atoms with Crippen LogP contribution < -0.4 is 0 Å². The summed E-state index contributed by atoms with van der Waals surface area (Å²) < 4.78 is 4.69. The van der Waals surface area contributed by atoms with E-state index in [0.29, 0.717) is 17.7 Å². The van der Waals surface area contributed by atoms with Gasteiger partial charge in [-0.1, -0.05) is 24.3 Å². The number of hydrogen-bond donors (Lipinski definition) is 0. The second-order valence-electron chi connectivity index (χ2n) is 6.80. The number of methoxy groups -OCH3 is 1. The van der Waals surface area contributed by atoms with Gasteiger partial charge in [-0.2, -0.15) is 0 Å². The maximum atomic E-state index is 12.7. The Morgan fingerprint density at radius 1 is 1.08 bits per heavy atom. The van der Waals surface area contributed by atoms with Crippen LogP contribution in [0.4, 0.5) is 0 Å². The van der Waals surface area contributed by atoms with E-state index in [4.69, 9.17) is 0 Å². The molecule has 1 aliphatic heterocycles. The van der Waals surface area contributed by atoms with Crippen molar-refractivity contribution in [3.63, 3.8) is 0 Å². The summed E-state index contributed by atoms with van der Waals surface area (Å²) in [7, 11) is 5.27. The lowest BCUT2D eigenvalue weighted by atomic mass is 9.94. The Kier molecular flexibility index (Phi) is 5.38. The van der Waals surface area contributed by atoms with E-state index in [1.54, 1.807) is 29.2 Å². The monoisotopic (exact) mass is 352 g/mol. The minimum atomic E-state index is -0.403. The molecule has 0 fully saturated rings. The lowest BCUT2D eigenvalue weighted by molar-refractivity contribution is 0.0599. The van der Waals surface area contributed by atoms with Crippen LogP contribution in [-0.2, 0) is 17.7 Å². The molecular weight excluding hydrogens is 328 g/mol. The van der Waals surface area contributed by atoms with Crippen molar-refractivity contribution < 1.29 is 14.3 Å². The number of rotatable bonds is 4. The Labute approximate surface area is 154 Å². The van der Waals surface area contributed by atoms with Crippen molar-refractivity contribution in [1.29, 1.82) is 0 Å². The quantitative estimate of drug-likeness (QED) is 0.794. The zero-order valence-corrected chi connectivity index (χ0v) is 15.4. The van der Waals surface area contributed by atoms with Gasteiger partial charge in [-0.15, -0.1) is 0 Å². The molecule has 5 nitrogen and oxygen atoms in total. The predicted octanol–water partition coefficient (Wildman–Crippen LogP) is 2.60. The molecule has 0 saturated heterocycles. The van der Waals surface area contributed by atoms with Crippen molar-refractivity contribution >= 4 is 11.9 Å². The van der Waals surface area contributed by atoms with Crippen LogP contribution in [0.15, 0.2) is 48.5 Å². The number of esters is 1. The van der Waals surface area contributed by atoms with Crippen molar-refractivity contribution in [3.05, 3.63) is 70.8 Å². The molecule has 1 amide bonds. The number of carbonyl (C=O) groups excluding carboxylic acids is 2. The summed E-state index contributed by atoms with van der Waals surface area (Å²) >= 11 is 0. The first-order valence-corrected chi connectivity index (χ1v) is 8.70. The van der Waals surface area contributed by atoms with Gasteiger partial charge in [0.05, 0.1) is 12.7 Å². The number of benzene rings is 2. The van der Waals surface area contributed by atoms with Gasteiger partial charge in [0, 0.05) is 31.7 Å². The fourth-order valence-corrected chi connectivity index (χ4v) is 3.41. The largest absolute Gasteiger partial charge is 0.465 e. The SMILES string of the molecule is COC(=O)c1ccc(C(=O)N(C)C[C@@H]2Cc3ccccc3CN2C)cc1. The number of carbonyl (C=O) groups is 2. The highest BCUT2D eigenvalue weighted by atomic mass is 16.5. The fourth-order valence-electron chi connectivity index (χ4n) is 3.41. The Morgan fingerprint density at radius 3 is 2.35 bits per heavy atom. The Hall–Kier alpha value is -2.66. The molecular formula is C21H24N2O3. The van der Waals surface area contributed by atoms with Crippen molar-refractivity contribution in [2.75, 3.05) is 27.7 Å². The fraction of sp³-hybridized carbons (Fsp3) is 0.333. The maximum absolute atomic E-state index is 12.7. The van der Waals surface area contributed by atoms with Crippen molar-refractivity contribution in [1.82, 2.24) is 9.80 Å². The van der Waals surface area contributed by atoms with Gasteiger partial charge >= 0.3 is 5.97 Å². The average molecular weight is 352 g/mol. The summed E-state index contributed by atoms with van der Waals surface area (Å²) in [4.78, 5) is 28.3. The van der Waals surface area contributed by atoms with Gasteiger partial charge in [-0.05, 0) is 48.9 Å². The van der Waals surface area contributed by atoms with E-state index in [2.05, 4.69) is 40.9 Å². The lowest BCUT2D eigenvalue weighted by Gasteiger charge is -2.36. The molecule has 1 aliphatic rings. The molecule has 0 aliphatic carbocycles. The molecule has 5 heteroatoms. The van der Waals surface area contributed by atoms with Crippen LogP contribution in [0.1, 0.15) is 31.8 Å². The first-order valence-electron chi connectivity index (χ1n) is 8.70. The molecule has 0 spiro atoms. The third kappa shape index (κ3) is 3.78. The number of likely N-dealkylation sites (N-methyl/N-ethyl adjacent to an activating group) is 2. The second kappa shape index (κ2) is 7.70. The Morgan fingerprint density at radius 2 is 1.69 bits per heavy atom. The molecule has 2 aromatic rings. The zero-order chi connectivity index (χ0) is 18.7. The Balaban J connectivity index is 1.67. The topological polar surface area (TPSA) is 49.9 Å². The molecule has 0 radical (unpaired) electrons. The predicted molar refractivity (Wildman–Crippen MR) is 100 cm³/mol. The summed E-state index contributed by atoms with van der Waals surface area (Å²) in [6.07, 6.45) is 0.936. The van der Waals surface area contributed by atoms with Crippen LogP contribution in [0.2, 0.25) is 0 Å². The lowest BCUT2D eigenvalue weighted by Crippen LogP contribution is -2.46. The van der Waals surface area contributed by atoms with Crippen LogP contribution >= 0.6 is 0 Å². The summed E-state index contributed by atoms with van der Waals surface area (Å²) in [5.41, 5.74) is 3.73. The van der Waals surface area contributed by atoms with E-state index in [1.807, 2.05) is 7.05 Å². The molecule has 0 aromatic heterocycles. The standard InChI is InChI=1S/C21H24N2O3/c1-22-13-18-7-5-4-6-17(18)12-19(22)14-23(2)20(24)15-8-10-16(11-9-15)21(25)26-3/h4-11,19H,12-14H2,1-3H3/t19-/m0/s1. The highest BCUT2D eigenvalue weighted by Gasteiger charge is 2.25. The van der Waals surface area contributed by atoms with E-state index >= 15 is 0 Å². The molecule has 136 valence electrons. The summed E-state index contributed by atoms with van der Waals surface area (Å²) in [6.45, 7) is 1.55. The highest BCUT2D eigenvalue weighted by Crippen LogP contribution is 2.22. The third-order valence-corrected chi connectivity index (χ3v) is 5.00. The number of fused-ring (bicyclic) bond motifs is 1. The van der Waals surface area contributed by atoms with Crippen molar-refractivity contribution in [3.8, 4) is 0 Å². The molecule has 1 heterocycles. The summed E-state index contributed by atoms with van der Waals surface area (Å²) in [6, 6.07) is 15.3. The minimum absolute atomic E-state index is 0.0475. The van der Waals surface area contributed by atoms with Gasteiger partial charge in [-0.25, -0.2) is 4.79 Å². The number of nitrogens with zero attached hydrogens (tertiary/aromatic N) is 2. The van der Waals surface area contributed by atoms with Crippen molar-refractivity contribution in [2.24, 2.45) is 0 Å². The van der Waals surface area contributed by atoms with Gasteiger partial charge in [0.2, 0.25) is 0 Å². The van der Waals surface area contributed by atoms with Gasteiger partial charge in [0.15, 0.2) is 0 Å². The molecule has 0 unspecified atom stereocenters. The molecule has 26 heavy (non-hydrogen) atoms. The molecule has 0 saturated carbocycles. The second-order valence-corrected chi connectivity index (χ2v) is 6.80. The van der Waals surface area contributed by atoms with E-state index in [1.165, 1.54) is 18.2 Å². The van der Waals surface area contributed by atoms with Gasteiger partial charge in [-0.3, -0.25) is 9.69 Å². The van der Waals surface area contributed by atoms with E-state index < -0.39 is 5.97 Å². The summed E-state index contributed by atoms with van der Waals surface area (Å²) in [5, 5.41) is 0. The van der Waals surface area contributed by atoms with Crippen LogP contribution in [0.5, 0.6) is 0 Å². The minimum Gasteiger partial charge on any atom is -0.465 e. The molecule has 1 atom stereocenters. The van der Waals surface area contributed by atoms with E-state index in [-0.39, 0.29) is 11.9 Å². The Bertz CT molecular complexity index is 801. The smallest absolute Gasteiger partial charge is 0.337 e. The molecule has 0 bridgehead atoms. The first kappa shape index (κ1) is 18.1. The number of amides is 1. The maximum Gasteiger partial charge on any atom is 0.337 e. The van der Waals surface area contributed by atoms with Crippen LogP contribution in [0.25, 0.3) is 0 Å². The van der Waals surface area contributed by atoms with Crippen LogP contribution in [-0.4, -0.2) is 55.5 Å². The van der Waals surface area contributed by atoms with Crippen LogP contribution in [0, 0.1) is 0 Å². The van der Waals surface area contributed by atoms with Gasteiger partial charge in [0.1, 0.15) is 0 Å². The average Bonchev–Trinajstić information content (AvgIpc) is 2.67. The summed E-state index contributed by atoms with van der Waals surface area (Å²) in [5.74, 6) is -0.450. The molecule has 3 rings (SSSR count). The third-order valence-electron chi connectivity index (χ3n) is 5.00. The number of ether oxygens (including phenoxy) is 1.